The molecular weight excluding hydrogens is 309 g/mol. The third-order valence-corrected chi connectivity index (χ3v) is 4.53. The van der Waals surface area contributed by atoms with Gasteiger partial charge < -0.3 is 14.2 Å². The second-order valence-corrected chi connectivity index (χ2v) is 6.17. The Morgan fingerprint density at radius 3 is 2.50 bits per heavy atom. The van der Waals surface area contributed by atoms with Crippen molar-refractivity contribution in [3.05, 3.63) is 47.8 Å². The van der Waals surface area contributed by atoms with E-state index in [-0.39, 0.29) is 18.3 Å². The largest absolute Gasteiger partial charge is 0.484 e. The van der Waals surface area contributed by atoms with E-state index in [4.69, 9.17) is 4.74 Å². The monoisotopic (exact) mass is 331 g/mol. The van der Waals surface area contributed by atoms with Crippen LogP contribution >= 0.6 is 0 Å². The highest BCUT2D eigenvalue weighted by Gasteiger charge is 2.25. The number of rotatable bonds is 4. The predicted molar refractivity (Wildman–Crippen MR) is 88.4 cm³/mol. The SMILES string of the molecule is Cc1cnc(C)n1C1CCN(C(=O)COc2ccc(F)cc2)CC1. The fourth-order valence-corrected chi connectivity index (χ4v) is 3.26. The Hall–Kier alpha value is -2.37. The molecule has 0 spiro atoms. The number of likely N-dealkylation sites (tertiary alicyclic amines) is 1. The molecule has 1 aliphatic heterocycles. The standard InChI is InChI=1S/C18H22FN3O2/c1-13-11-20-14(2)22(13)16-7-9-21(10-8-16)18(23)12-24-17-5-3-15(19)4-6-17/h3-6,11,16H,7-10,12H2,1-2H3. The van der Waals surface area contributed by atoms with Crippen LogP contribution in [-0.4, -0.2) is 40.1 Å². The molecule has 0 radical (unpaired) electrons. The zero-order chi connectivity index (χ0) is 17.1. The van der Waals surface area contributed by atoms with Crippen molar-refractivity contribution in [2.24, 2.45) is 0 Å². The summed E-state index contributed by atoms with van der Waals surface area (Å²) in [6.45, 7) is 5.50. The molecule has 0 atom stereocenters. The maximum atomic E-state index is 12.8. The molecule has 1 aromatic heterocycles. The molecule has 24 heavy (non-hydrogen) atoms. The number of hydrogen-bond donors (Lipinski definition) is 0. The van der Waals surface area contributed by atoms with Crippen LogP contribution in [0.25, 0.3) is 0 Å². The number of amides is 1. The molecule has 0 N–H and O–H groups in total. The molecule has 1 aliphatic rings. The Bertz CT molecular complexity index is 684. The first-order valence-corrected chi connectivity index (χ1v) is 8.21. The third-order valence-electron chi connectivity index (χ3n) is 4.53. The van der Waals surface area contributed by atoms with E-state index in [1.54, 1.807) is 0 Å². The van der Waals surface area contributed by atoms with Crippen LogP contribution in [0.5, 0.6) is 5.75 Å². The zero-order valence-electron chi connectivity index (χ0n) is 14.0. The van der Waals surface area contributed by atoms with Gasteiger partial charge in [0.25, 0.3) is 5.91 Å². The molecule has 128 valence electrons. The smallest absolute Gasteiger partial charge is 0.260 e. The van der Waals surface area contributed by atoms with E-state index in [2.05, 4.69) is 16.5 Å². The van der Waals surface area contributed by atoms with E-state index in [0.29, 0.717) is 24.9 Å². The van der Waals surface area contributed by atoms with Gasteiger partial charge in [0.2, 0.25) is 0 Å². The Labute approximate surface area is 141 Å². The van der Waals surface area contributed by atoms with Crippen molar-refractivity contribution < 1.29 is 13.9 Å². The molecular formula is C18H22FN3O2. The lowest BCUT2D eigenvalue weighted by Gasteiger charge is -2.33. The van der Waals surface area contributed by atoms with E-state index < -0.39 is 0 Å². The molecule has 5 nitrogen and oxygen atoms in total. The van der Waals surface area contributed by atoms with Gasteiger partial charge in [0, 0.05) is 31.0 Å². The minimum Gasteiger partial charge on any atom is -0.484 e. The number of piperidine rings is 1. The summed E-state index contributed by atoms with van der Waals surface area (Å²) < 4.78 is 20.6. The maximum Gasteiger partial charge on any atom is 0.260 e. The van der Waals surface area contributed by atoms with Crippen molar-refractivity contribution in [2.45, 2.75) is 32.7 Å². The van der Waals surface area contributed by atoms with Gasteiger partial charge in [-0.1, -0.05) is 0 Å². The number of hydrogen-bond acceptors (Lipinski definition) is 3. The summed E-state index contributed by atoms with van der Waals surface area (Å²) in [6.07, 6.45) is 3.73. The number of ether oxygens (including phenoxy) is 1. The van der Waals surface area contributed by atoms with E-state index in [1.807, 2.05) is 18.0 Å². The molecule has 2 heterocycles. The fourth-order valence-electron chi connectivity index (χ4n) is 3.26. The van der Waals surface area contributed by atoms with Crippen molar-refractivity contribution in [1.82, 2.24) is 14.5 Å². The fraction of sp³-hybridized carbons (Fsp3) is 0.444. The normalized spacial score (nSPS) is 15.5. The Morgan fingerprint density at radius 2 is 1.92 bits per heavy atom. The van der Waals surface area contributed by atoms with Crippen molar-refractivity contribution in [1.29, 1.82) is 0 Å². The Kier molecular flexibility index (Phi) is 4.83. The van der Waals surface area contributed by atoms with Gasteiger partial charge in [-0.25, -0.2) is 9.37 Å². The second-order valence-electron chi connectivity index (χ2n) is 6.17. The van der Waals surface area contributed by atoms with Crippen LogP contribution in [0.4, 0.5) is 4.39 Å². The van der Waals surface area contributed by atoms with Crippen LogP contribution < -0.4 is 4.74 Å². The molecule has 0 bridgehead atoms. The summed E-state index contributed by atoms with van der Waals surface area (Å²) in [5.74, 6) is 1.18. The van der Waals surface area contributed by atoms with Gasteiger partial charge in [-0.15, -0.1) is 0 Å². The van der Waals surface area contributed by atoms with Gasteiger partial charge in [0.1, 0.15) is 17.4 Å². The maximum absolute atomic E-state index is 12.8. The van der Waals surface area contributed by atoms with Gasteiger partial charge in [0.15, 0.2) is 6.61 Å². The van der Waals surface area contributed by atoms with Gasteiger partial charge >= 0.3 is 0 Å². The first-order valence-electron chi connectivity index (χ1n) is 8.21. The minimum absolute atomic E-state index is 0.0145. The summed E-state index contributed by atoms with van der Waals surface area (Å²) in [5, 5.41) is 0. The van der Waals surface area contributed by atoms with E-state index in [9.17, 15) is 9.18 Å². The number of aryl methyl sites for hydroxylation is 2. The van der Waals surface area contributed by atoms with Gasteiger partial charge in [-0.3, -0.25) is 4.79 Å². The van der Waals surface area contributed by atoms with Crippen LogP contribution in [0.3, 0.4) is 0 Å². The molecule has 0 unspecified atom stereocenters. The predicted octanol–water partition coefficient (Wildman–Crippen LogP) is 2.88. The van der Waals surface area contributed by atoms with Crippen LogP contribution in [0.15, 0.2) is 30.5 Å². The summed E-state index contributed by atoms with van der Waals surface area (Å²) in [7, 11) is 0. The molecule has 1 amide bonds. The quantitative estimate of drug-likeness (QED) is 0.865. The van der Waals surface area contributed by atoms with E-state index in [0.717, 1.165) is 24.4 Å². The van der Waals surface area contributed by atoms with Crippen LogP contribution in [0, 0.1) is 19.7 Å². The summed E-state index contributed by atoms with van der Waals surface area (Å²) in [5.41, 5.74) is 1.16. The highest BCUT2D eigenvalue weighted by atomic mass is 19.1. The highest BCUT2D eigenvalue weighted by molar-refractivity contribution is 5.77. The lowest BCUT2D eigenvalue weighted by atomic mass is 10.0. The number of carbonyl (C=O) groups excluding carboxylic acids is 1. The van der Waals surface area contributed by atoms with E-state index in [1.165, 1.54) is 24.3 Å². The first-order chi connectivity index (χ1) is 11.5. The second kappa shape index (κ2) is 7.03. The van der Waals surface area contributed by atoms with Gasteiger partial charge in [0.05, 0.1) is 0 Å². The molecule has 1 fully saturated rings. The number of carbonyl (C=O) groups is 1. The van der Waals surface area contributed by atoms with Crippen molar-refractivity contribution in [3.63, 3.8) is 0 Å². The number of aromatic nitrogens is 2. The average Bonchev–Trinajstić information content (AvgIpc) is 2.93. The van der Waals surface area contributed by atoms with E-state index >= 15 is 0 Å². The summed E-state index contributed by atoms with van der Waals surface area (Å²) in [6, 6.07) is 6.09. The molecule has 0 aliphatic carbocycles. The first kappa shape index (κ1) is 16.5. The number of nitrogens with zero attached hydrogens (tertiary/aromatic N) is 3. The zero-order valence-corrected chi connectivity index (χ0v) is 14.0. The highest BCUT2D eigenvalue weighted by Crippen LogP contribution is 2.25. The molecule has 6 heteroatoms. The van der Waals surface area contributed by atoms with Crippen LogP contribution in [0.2, 0.25) is 0 Å². The summed E-state index contributed by atoms with van der Waals surface area (Å²) >= 11 is 0. The third kappa shape index (κ3) is 3.58. The van der Waals surface area contributed by atoms with Crippen molar-refractivity contribution in [3.8, 4) is 5.75 Å². The molecule has 0 saturated carbocycles. The minimum atomic E-state index is -0.319. The average molecular weight is 331 g/mol. The van der Waals surface area contributed by atoms with Gasteiger partial charge in [-0.05, 0) is 51.0 Å². The number of benzene rings is 1. The Morgan fingerprint density at radius 1 is 1.25 bits per heavy atom. The number of halogens is 1. The summed E-state index contributed by atoms with van der Waals surface area (Å²) in [4.78, 5) is 18.5. The van der Waals surface area contributed by atoms with Gasteiger partial charge in [-0.2, -0.15) is 0 Å². The van der Waals surface area contributed by atoms with Crippen molar-refractivity contribution in [2.75, 3.05) is 19.7 Å². The molecule has 1 aromatic carbocycles. The molecule has 3 rings (SSSR count). The topological polar surface area (TPSA) is 47.4 Å². The number of imidazole rings is 1. The van der Waals surface area contributed by atoms with Crippen LogP contribution in [-0.2, 0) is 4.79 Å². The lowest BCUT2D eigenvalue weighted by Crippen LogP contribution is -2.41. The molecule has 1 saturated heterocycles. The lowest BCUT2D eigenvalue weighted by molar-refractivity contribution is -0.134. The molecule has 2 aromatic rings. The Balaban J connectivity index is 1.51. The van der Waals surface area contributed by atoms with Crippen LogP contribution in [0.1, 0.15) is 30.4 Å². The van der Waals surface area contributed by atoms with Crippen molar-refractivity contribution >= 4 is 5.91 Å².